The molecular formula is C11H16ClNO. The molecule has 0 amide bonds. The van der Waals surface area contributed by atoms with Crippen molar-refractivity contribution in [3.8, 4) is 5.75 Å². The number of phenolic OH excluding ortho intramolecular Hbond substituents is 1. The van der Waals surface area contributed by atoms with Crippen LogP contribution in [0.1, 0.15) is 25.8 Å². The quantitative estimate of drug-likeness (QED) is 0.811. The average molecular weight is 214 g/mol. The average Bonchev–Trinajstić information content (AvgIpc) is 2.02. The first-order valence-corrected chi connectivity index (χ1v) is 5.04. The zero-order valence-corrected chi connectivity index (χ0v) is 9.30. The minimum atomic E-state index is -0.108. The molecule has 3 N–H and O–H groups in total. The number of aromatic hydroxyl groups is 1. The molecule has 0 radical (unpaired) electrons. The van der Waals surface area contributed by atoms with E-state index in [1.807, 2.05) is 6.07 Å². The monoisotopic (exact) mass is 213 g/mol. The summed E-state index contributed by atoms with van der Waals surface area (Å²) < 4.78 is 0. The molecule has 0 fully saturated rings. The lowest BCUT2D eigenvalue weighted by molar-refractivity contribution is 0.423. The first-order chi connectivity index (χ1) is 6.47. The Kier molecular flexibility index (Phi) is 3.40. The molecule has 14 heavy (non-hydrogen) atoms. The Morgan fingerprint density at radius 2 is 2.07 bits per heavy atom. The molecule has 0 aliphatic rings. The van der Waals surface area contributed by atoms with Crippen molar-refractivity contribution in [2.75, 3.05) is 6.54 Å². The van der Waals surface area contributed by atoms with E-state index in [-0.39, 0.29) is 11.2 Å². The maximum Gasteiger partial charge on any atom is 0.120 e. The van der Waals surface area contributed by atoms with E-state index in [2.05, 4.69) is 13.8 Å². The topological polar surface area (TPSA) is 46.2 Å². The SMILES string of the molecule is CC(C)(CCN)c1ccc(Cl)cc1O. The van der Waals surface area contributed by atoms with Crippen LogP contribution in [0.15, 0.2) is 18.2 Å². The van der Waals surface area contributed by atoms with Crippen molar-refractivity contribution >= 4 is 11.6 Å². The van der Waals surface area contributed by atoms with Gasteiger partial charge in [0.05, 0.1) is 0 Å². The summed E-state index contributed by atoms with van der Waals surface area (Å²) in [7, 11) is 0. The van der Waals surface area contributed by atoms with Gasteiger partial charge in [-0.25, -0.2) is 0 Å². The summed E-state index contributed by atoms with van der Waals surface area (Å²) in [5.41, 5.74) is 6.31. The standard InChI is InChI=1S/C11H16ClNO/c1-11(2,5-6-13)9-4-3-8(12)7-10(9)14/h3-4,7,14H,5-6,13H2,1-2H3. The Bertz CT molecular complexity index is 323. The van der Waals surface area contributed by atoms with Gasteiger partial charge in [0.25, 0.3) is 0 Å². The van der Waals surface area contributed by atoms with E-state index in [1.165, 1.54) is 0 Å². The Labute approximate surface area is 89.7 Å². The van der Waals surface area contributed by atoms with Gasteiger partial charge < -0.3 is 10.8 Å². The van der Waals surface area contributed by atoms with E-state index in [9.17, 15) is 5.11 Å². The molecular weight excluding hydrogens is 198 g/mol. The number of rotatable bonds is 3. The molecule has 78 valence electrons. The second-order valence-electron chi connectivity index (χ2n) is 4.08. The molecule has 2 nitrogen and oxygen atoms in total. The molecule has 1 aromatic rings. The van der Waals surface area contributed by atoms with Gasteiger partial charge >= 0.3 is 0 Å². The molecule has 0 aromatic heterocycles. The minimum Gasteiger partial charge on any atom is -0.508 e. The van der Waals surface area contributed by atoms with Crippen LogP contribution in [0.5, 0.6) is 5.75 Å². The Morgan fingerprint density at radius 3 is 2.57 bits per heavy atom. The van der Waals surface area contributed by atoms with Crippen LogP contribution in [0.25, 0.3) is 0 Å². The van der Waals surface area contributed by atoms with Crippen molar-refractivity contribution in [1.82, 2.24) is 0 Å². The van der Waals surface area contributed by atoms with Crippen molar-refractivity contribution < 1.29 is 5.11 Å². The van der Waals surface area contributed by atoms with E-state index in [1.54, 1.807) is 12.1 Å². The summed E-state index contributed by atoms with van der Waals surface area (Å²) in [6.07, 6.45) is 0.836. The third kappa shape index (κ3) is 2.40. The molecule has 0 unspecified atom stereocenters. The van der Waals surface area contributed by atoms with Gasteiger partial charge in [-0.05, 0) is 36.1 Å². The number of hydrogen-bond donors (Lipinski definition) is 2. The van der Waals surface area contributed by atoms with Crippen LogP contribution in [0, 0.1) is 0 Å². The molecule has 0 aliphatic heterocycles. The highest BCUT2D eigenvalue weighted by molar-refractivity contribution is 6.30. The summed E-state index contributed by atoms with van der Waals surface area (Å²) >= 11 is 5.76. The Hall–Kier alpha value is -0.730. The van der Waals surface area contributed by atoms with Crippen LogP contribution in [0.3, 0.4) is 0 Å². The lowest BCUT2D eigenvalue weighted by Crippen LogP contribution is -2.21. The van der Waals surface area contributed by atoms with Crippen LogP contribution in [-0.4, -0.2) is 11.7 Å². The third-order valence-electron chi connectivity index (χ3n) is 2.46. The van der Waals surface area contributed by atoms with Crippen LogP contribution in [-0.2, 0) is 5.41 Å². The van der Waals surface area contributed by atoms with Gasteiger partial charge in [-0.1, -0.05) is 31.5 Å². The Balaban J connectivity index is 3.06. The summed E-state index contributed by atoms with van der Waals surface area (Å²) in [5, 5.41) is 10.3. The smallest absolute Gasteiger partial charge is 0.120 e. The first kappa shape index (κ1) is 11.3. The predicted molar refractivity (Wildman–Crippen MR) is 59.8 cm³/mol. The largest absolute Gasteiger partial charge is 0.508 e. The lowest BCUT2D eigenvalue weighted by Gasteiger charge is -2.25. The van der Waals surface area contributed by atoms with Gasteiger partial charge in [0.15, 0.2) is 0 Å². The maximum absolute atomic E-state index is 9.73. The highest BCUT2D eigenvalue weighted by Crippen LogP contribution is 2.34. The van der Waals surface area contributed by atoms with Gasteiger partial charge in [0.2, 0.25) is 0 Å². The fourth-order valence-electron chi connectivity index (χ4n) is 1.57. The van der Waals surface area contributed by atoms with Gasteiger partial charge in [-0.3, -0.25) is 0 Å². The predicted octanol–water partition coefficient (Wildman–Crippen LogP) is 2.67. The number of benzene rings is 1. The van der Waals surface area contributed by atoms with Crippen molar-refractivity contribution in [1.29, 1.82) is 0 Å². The summed E-state index contributed by atoms with van der Waals surface area (Å²) in [5.74, 6) is 0.246. The molecule has 0 aliphatic carbocycles. The second-order valence-corrected chi connectivity index (χ2v) is 4.52. The van der Waals surface area contributed by atoms with Crippen molar-refractivity contribution in [2.45, 2.75) is 25.7 Å². The van der Waals surface area contributed by atoms with E-state index in [4.69, 9.17) is 17.3 Å². The summed E-state index contributed by atoms with van der Waals surface area (Å²) in [6.45, 7) is 4.72. The van der Waals surface area contributed by atoms with Crippen molar-refractivity contribution in [3.05, 3.63) is 28.8 Å². The molecule has 0 bridgehead atoms. The number of hydrogen-bond acceptors (Lipinski definition) is 2. The maximum atomic E-state index is 9.73. The Morgan fingerprint density at radius 1 is 1.43 bits per heavy atom. The lowest BCUT2D eigenvalue weighted by atomic mass is 9.81. The molecule has 1 rings (SSSR count). The number of nitrogens with two attached hydrogens (primary N) is 1. The van der Waals surface area contributed by atoms with Gasteiger partial charge in [0.1, 0.15) is 5.75 Å². The second kappa shape index (κ2) is 4.20. The van der Waals surface area contributed by atoms with Gasteiger partial charge in [-0.2, -0.15) is 0 Å². The minimum absolute atomic E-state index is 0.108. The molecule has 0 heterocycles. The van der Waals surface area contributed by atoms with Crippen molar-refractivity contribution in [3.63, 3.8) is 0 Å². The highest BCUT2D eigenvalue weighted by Gasteiger charge is 2.22. The third-order valence-corrected chi connectivity index (χ3v) is 2.69. The summed E-state index contributed by atoms with van der Waals surface area (Å²) in [4.78, 5) is 0. The van der Waals surface area contributed by atoms with Gasteiger partial charge in [-0.15, -0.1) is 0 Å². The van der Waals surface area contributed by atoms with E-state index in [0.29, 0.717) is 11.6 Å². The normalized spacial score (nSPS) is 11.7. The fourth-order valence-corrected chi connectivity index (χ4v) is 1.74. The summed E-state index contributed by atoms with van der Waals surface area (Å²) in [6, 6.07) is 5.21. The van der Waals surface area contributed by atoms with Crippen LogP contribution >= 0.6 is 11.6 Å². The molecule has 3 heteroatoms. The molecule has 0 saturated heterocycles. The van der Waals surface area contributed by atoms with Crippen LogP contribution < -0.4 is 5.73 Å². The van der Waals surface area contributed by atoms with Gasteiger partial charge in [0, 0.05) is 5.02 Å². The fraction of sp³-hybridized carbons (Fsp3) is 0.455. The van der Waals surface area contributed by atoms with E-state index >= 15 is 0 Å². The van der Waals surface area contributed by atoms with Crippen LogP contribution in [0.2, 0.25) is 5.02 Å². The number of phenols is 1. The van der Waals surface area contributed by atoms with Crippen LogP contribution in [0.4, 0.5) is 0 Å². The van der Waals surface area contributed by atoms with Crippen molar-refractivity contribution in [2.24, 2.45) is 5.73 Å². The molecule has 0 atom stereocenters. The molecule has 0 spiro atoms. The van der Waals surface area contributed by atoms with E-state index < -0.39 is 0 Å². The zero-order chi connectivity index (χ0) is 10.8. The van der Waals surface area contributed by atoms with E-state index in [0.717, 1.165) is 12.0 Å². The highest BCUT2D eigenvalue weighted by atomic mass is 35.5. The zero-order valence-electron chi connectivity index (χ0n) is 8.55. The first-order valence-electron chi connectivity index (χ1n) is 4.66. The number of halogens is 1. The molecule has 1 aromatic carbocycles. The molecule has 0 saturated carbocycles.